The SMILES string of the molecule is COC(=O)C[C@@H]1C(=O)N[C@H]2CCCC[C@@H]2N1C(=S)Nc1cccc(OC)c1. The summed E-state index contributed by atoms with van der Waals surface area (Å²) in [7, 11) is 2.93. The smallest absolute Gasteiger partial charge is 0.308 e. The minimum atomic E-state index is -0.678. The second-order valence-electron chi connectivity index (χ2n) is 6.83. The molecule has 0 unspecified atom stereocenters. The van der Waals surface area contributed by atoms with E-state index in [1.54, 1.807) is 7.11 Å². The van der Waals surface area contributed by atoms with Crippen molar-refractivity contribution in [1.82, 2.24) is 10.2 Å². The van der Waals surface area contributed by atoms with Gasteiger partial charge in [-0.2, -0.15) is 0 Å². The molecule has 146 valence electrons. The summed E-state index contributed by atoms with van der Waals surface area (Å²) < 4.78 is 10.0. The molecule has 0 bridgehead atoms. The van der Waals surface area contributed by atoms with Gasteiger partial charge in [-0.15, -0.1) is 0 Å². The molecule has 1 saturated heterocycles. The first-order valence-electron chi connectivity index (χ1n) is 9.14. The molecule has 1 aliphatic heterocycles. The van der Waals surface area contributed by atoms with Crippen molar-refractivity contribution in [2.24, 2.45) is 0 Å². The number of nitrogens with one attached hydrogen (secondary N) is 2. The number of anilines is 1. The van der Waals surface area contributed by atoms with Gasteiger partial charge in [0.15, 0.2) is 5.11 Å². The molecule has 2 aliphatic rings. The summed E-state index contributed by atoms with van der Waals surface area (Å²) in [4.78, 5) is 26.5. The van der Waals surface area contributed by atoms with E-state index in [2.05, 4.69) is 10.6 Å². The molecule has 3 rings (SSSR count). The van der Waals surface area contributed by atoms with Crippen molar-refractivity contribution in [2.75, 3.05) is 19.5 Å². The number of esters is 1. The van der Waals surface area contributed by atoms with Crippen molar-refractivity contribution in [3.8, 4) is 5.75 Å². The summed E-state index contributed by atoms with van der Waals surface area (Å²) >= 11 is 5.66. The van der Waals surface area contributed by atoms with E-state index in [-0.39, 0.29) is 24.4 Å². The van der Waals surface area contributed by atoms with Gasteiger partial charge in [0.2, 0.25) is 5.91 Å². The van der Waals surface area contributed by atoms with Gasteiger partial charge in [-0.25, -0.2) is 0 Å². The quantitative estimate of drug-likeness (QED) is 0.601. The highest BCUT2D eigenvalue weighted by atomic mass is 32.1. The van der Waals surface area contributed by atoms with Crippen molar-refractivity contribution in [1.29, 1.82) is 0 Å². The lowest BCUT2D eigenvalue weighted by Gasteiger charge is -2.49. The second-order valence-corrected chi connectivity index (χ2v) is 7.22. The molecule has 3 atom stereocenters. The van der Waals surface area contributed by atoms with Crippen LogP contribution in [0, 0.1) is 0 Å². The number of hydrogen-bond donors (Lipinski definition) is 2. The average Bonchev–Trinajstić information content (AvgIpc) is 2.68. The standard InChI is InChI=1S/C19H25N3O4S/c1-25-13-7-5-6-12(10-13)20-19(27)22-15-9-4-3-8-14(15)21-18(24)16(22)11-17(23)26-2/h5-7,10,14-16H,3-4,8-9,11H2,1-2H3,(H,20,27)(H,21,24)/t14-,15-,16+/m0/s1. The topological polar surface area (TPSA) is 79.9 Å². The third-order valence-electron chi connectivity index (χ3n) is 5.20. The fraction of sp³-hybridized carbons (Fsp3) is 0.526. The molecule has 1 heterocycles. The maximum absolute atomic E-state index is 12.7. The molecule has 0 radical (unpaired) electrons. The molecule has 1 aromatic rings. The zero-order chi connectivity index (χ0) is 19.4. The fourth-order valence-corrected chi connectivity index (χ4v) is 4.24. The lowest BCUT2D eigenvalue weighted by Crippen LogP contribution is -2.68. The van der Waals surface area contributed by atoms with E-state index in [1.807, 2.05) is 29.2 Å². The molecule has 1 aliphatic carbocycles. The predicted octanol–water partition coefficient (Wildman–Crippen LogP) is 2.07. The van der Waals surface area contributed by atoms with Crippen molar-refractivity contribution < 1.29 is 19.1 Å². The predicted molar refractivity (Wildman–Crippen MR) is 106 cm³/mol. The third kappa shape index (κ3) is 4.32. The van der Waals surface area contributed by atoms with Crippen molar-refractivity contribution in [2.45, 2.75) is 50.2 Å². The van der Waals surface area contributed by atoms with Crippen LogP contribution in [0.15, 0.2) is 24.3 Å². The maximum atomic E-state index is 12.7. The molecule has 1 saturated carbocycles. The number of ether oxygens (including phenoxy) is 2. The molecule has 1 amide bonds. The number of rotatable bonds is 4. The minimum absolute atomic E-state index is 0.0362. The molecule has 0 aromatic heterocycles. The summed E-state index contributed by atoms with van der Waals surface area (Å²) in [5, 5.41) is 6.71. The number of benzene rings is 1. The van der Waals surface area contributed by atoms with E-state index in [0.717, 1.165) is 31.4 Å². The zero-order valence-corrected chi connectivity index (χ0v) is 16.4. The number of nitrogens with zero attached hydrogens (tertiary/aromatic N) is 1. The monoisotopic (exact) mass is 391 g/mol. The Kier molecular flexibility index (Phi) is 6.15. The average molecular weight is 391 g/mol. The van der Waals surface area contributed by atoms with E-state index < -0.39 is 12.0 Å². The first-order chi connectivity index (χ1) is 13.0. The summed E-state index contributed by atoms with van der Waals surface area (Å²) in [5.41, 5.74) is 0.773. The largest absolute Gasteiger partial charge is 0.497 e. The van der Waals surface area contributed by atoms with Crippen LogP contribution in [0.3, 0.4) is 0 Å². The van der Waals surface area contributed by atoms with Crippen LogP contribution in [0.25, 0.3) is 0 Å². The van der Waals surface area contributed by atoms with Crippen LogP contribution in [0.1, 0.15) is 32.1 Å². The number of hydrogen-bond acceptors (Lipinski definition) is 5. The van der Waals surface area contributed by atoms with Crippen LogP contribution in [-0.4, -0.2) is 54.2 Å². The fourth-order valence-electron chi connectivity index (χ4n) is 3.86. The highest BCUT2D eigenvalue weighted by molar-refractivity contribution is 7.80. The van der Waals surface area contributed by atoms with Crippen molar-refractivity contribution in [3.05, 3.63) is 24.3 Å². The van der Waals surface area contributed by atoms with Crippen molar-refractivity contribution in [3.63, 3.8) is 0 Å². The Morgan fingerprint density at radius 2 is 2.11 bits per heavy atom. The summed E-state index contributed by atoms with van der Waals surface area (Å²) in [6, 6.07) is 6.86. The molecule has 1 aromatic carbocycles. The first-order valence-corrected chi connectivity index (χ1v) is 9.55. The van der Waals surface area contributed by atoms with Gasteiger partial charge in [0.25, 0.3) is 0 Å². The second kappa shape index (κ2) is 8.56. The number of amides is 1. The Balaban J connectivity index is 1.85. The van der Waals surface area contributed by atoms with Crippen LogP contribution in [0.4, 0.5) is 5.69 Å². The number of fused-ring (bicyclic) bond motifs is 1. The molecule has 0 spiro atoms. The number of methoxy groups -OCH3 is 2. The van der Waals surface area contributed by atoms with Gasteiger partial charge in [-0.05, 0) is 37.2 Å². The van der Waals surface area contributed by atoms with Crippen molar-refractivity contribution >= 4 is 34.9 Å². The van der Waals surface area contributed by atoms with E-state index in [0.29, 0.717) is 10.9 Å². The molecule has 8 heteroatoms. The highest BCUT2D eigenvalue weighted by Crippen LogP contribution is 2.30. The Morgan fingerprint density at radius 3 is 2.85 bits per heavy atom. The van der Waals surface area contributed by atoms with Gasteiger partial charge >= 0.3 is 5.97 Å². The van der Waals surface area contributed by atoms with Gasteiger partial charge in [-0.3, -0.25) is 9.59 Å². The lowest BCUT2D eigenvalue weighted by atomic mass is 9.85. The Hall–Kier alpha value is -2.35. The highest BCUT2D eigenvalue weighted by Gasteiger charge is 2.44. The van der Waals surface area contributed by atoms with E-state index >= 15 is 0 Å². The zero-order valence-electron chi connectivity index (χ0n) is 15.6. The Bertz CT molecular complexity index is 727. The number of carbonyl (C=O) groups is 2. The summed E-state index contributed by atoms with van der Waals surface area (Å²) in [6.45, 7) is 0. The van der Waals surface area contributed by atoms with Gasteiger partial charge in [-0.1, -0.05) is 18.9 Å². The molecule has 27 heavy (non-hydrogen) atoms. The molecule has 7 nitrogen and oxygen atoms in total. The van der Waals surface area contributed by atoms with E-state index in [9.17, 15) is 9.59 Å². The normalized spacial score (nSPS) is 24.4. The third-order valence-corrected chi connectivity index (χ3v) is 5.51. The summed E-state index contributed by atoms with van der Waals surface area (Å²) in [5.74, 6) is 0.0952. The molecular weight excluding hydrogens is 366 g/mol. The van der Waals surface area contributed by atoms with Gasteiger partial charge in [0.05, 0.1) is 26.7 Å². The maximum Gasteiger partial charge on any atom is 0.308 e. The number of thiocarbonyl (C=S) groups is 1. The number of piperazine rings is 1. The van der Waals surface area contributed by atoms with Crippen LogP contribution in [-0.2, 0) is 14.3 Å². The molecule has 2 N–H and O–H groups in total. The van der Waals surface area contributed by atoms with Gasteiger partial charge in [0.1, 0.15) is 11.8 Å². The molecular formula is C19H25N3O4S. The van der Waals surface area contributed by atoms with E-state index in [1.165, 1.54) is 7.11 Å². The van der Waals surface area contributed by atoms with Crippen LogP contribution in [0.5, 0.6) is 5.75 Å². The van der Waals surface area contributed by atoms with Crippen LogP contribution < -0.4 is 15.4 Å². The number of carbonyl (C=O) groups excluding carboxylic acids is 2. The van der Waals surface area contributed by atoms with E-state index in [4.69, 9.17) is 21.7 Å². The lowest BCUT2D eigenvalue weighted by molar-refractivity contribution is -0.146. The molecule has 2 fully saturated rings. The summed E-state index contributed by atoms with van der Waals surface area (Å²) in [6.07, 6.45) is 3.95. The van der Waals surface area contributed by atoms with Crippen LogP contribution in [0.2, 0.25) is 0 Å². The van der Waals surface area contributed by atoms with Gasteiger partial charge in [0, 0.05) is 17.8 Å². The van der Waals surface area contributed by atoms with Crippen LogP contribution >= 0.6 is 12.2 Å². The van der Waals surface area contributed by atoms with Gasteiger partial charge < -0.3 is 25.0 Å². The minimum Gasteiger partial charge on any atom is -0.497 e. The Labute approximate surface area is 164 Å². The Morgan fingerprint density at radius 1 is 1.33 bits per heavy atom. The first kappa shape index (κ1) is 19.4.